The molecule has 3 nitrogen and oxygen atoms in total. The van der Waals surface area contributed by atoms with Gasteiger partial charge in [-0.2, -0.15) is 15.4 Å². The molecule has 4 heteroatoms. The van der Waals surface area contributed by atoms with Gasteiger partial charge in [-0.1, -0.05) is 35.9 Å². The summed E-state index contributed by atoms with van der Waals surface area (Å²) in [5, 5.41) is 13.5. The highest BCUT2D eigenvalue weighted by Gasteiger charge is 2.07. The van der Waals surface area contributed by atoms with E-state index < -0.39 is 0 Å². The van der Waals surface area contributed by atoms with Crippen molar-refractivity contribution >= 4 is 33.4 Å². The SMILES string of the molecule is Clc1cc2ccccc2c2n[nH]nc12. The van der Waals surface area contributed by atoms with Crippen LogP contribution in [0.25, 0.3) is 21.8 Å². The second-order valence-electron chi connectivity index (χ2n) is 3.10. The van der Waals surface area contributed by atoms with Crippen LogP contribution in [0.15, 0.2) is 30.3 Å². The Morgan fingerprint density at radius 3 is 2.79 bits per heavy atom. The number of hydrogen-bond acceptors (Lipinski definition) is 2. The van der Waals surface area contributed by atoms with Crippen molar-refractivity contribution in [1.82, 2.24) is 15.4 Å². The lowest BCUT2D eigenvalue weighted by Gasteiger charge is -1.98. The van der Waals surface area contributed by atoms with Gasteiger partial charge >= 0.3 is 0 Å². The lowest BCUT2D eigenvalue weighted by Crippen LogP contribution is -1.77. The van der Waals surface area contributed by atoms with Crippen LogP contribution in [0.4, 0.5) is 0 Å². The van der Waals surface area contributed by atoms with E-state index in [2.05, 4.69) is 15.4 Å². The van der Waals surface area contributed by atoms with Crippen molar-refractivity contribution in [3.05, 3.63) is 35.4 Å². The van der Waals surface area contributed by atoms with Gasteiger partial charge in [-0.3, -0.25) is 0 Å². The summed E-state index contributed by atoms with van der Waals surface area (Å²) in [4.78, 5) is 0. The molecule has 0 atom stereocenters. The average molecular weight is 204 g/mol. The summed E-state index contributed by atoms with van der Waals surface area (Å²) in [6.07, 6.45) is 0. The van der Waals surface area contributed by atoms with Crippen LogP contribution in [0, 0.1) is 0 Å². The fourth-order valence-electron chi connectivity index (χ4n) is 1.63. The molecule has 0 radical (unpaired) electrons. The highest BCUT2D eigenvalue weighted by Crippen LogP contribution is 2.28. The number of H-pyrrole nitrogens is 1. The van der Waals surface area contributed by atoms with Crippen molar-refractivity contribution in [2.45, 2.75) is 0 Å². The first-order valence-electron chi connectivity index (χ1n) is 4.24. The number of nitrogens with one attached hydrogen (secondary N) is 1. The van der Waals surface area contributed by atoms with E-state index in [9.17, 15) is 0 Å². The van der Waals surface area contributed by atoms with Crippen molar-refractivity contribution in [2.24, 2.45) is 0 Å². The largest absolute Gasteiger partial charge is 0.197 e. The van der Waals surface area contributed by atoms with E-state index in [0.29, 0.717) is 5.02 Å². The van der Waals surface area contributed by atoms with E-state index >= 15 is 0 Å². The second-order valence-corrected chi connectivity index (χ2v) is 3.51. The van der Waals surface area contributed by atoms with Gasteiger partial charge in [-0.15, -0.1) is 0 Å². The number of aromatic nitrogens is 3. The third-order valence-electron chi connectivity index (χ3n) is 2.27. The normalized spacial score (nSPS) is 11.2. The van der Waals surface area contributed by atoms with E-state index in [1.165, 1.54) is 0 Å². The summed E-state index contributed by atoms with van der Waals surface area (Å²) in [5.74, 6) is 0. The van der Waals surface area contributed by atoms with Gasteiger partial charge < -0.3 is 0 Å². The van der Waals surface area contributed by atoms with Crippen LogP contribution >= 0.6 is 11.6 Å². The molecule has 1 aromatic heterocycles. The van der Waals surface area contributed by atoms with Crippen LogP contribution in [0.2, 0.25) is 5.02 Å². The van der Waals surface area contributed by atoms with Crippen LogP contribution < -0.4 is 0 Å². The number of nitrogens with zero attached hydrogens (tertiary/aromatic N) is 2. The fraction of sp³-hybridized carbons (Fsp3) is 0. The highest BCUT2D eigenvalue weighted by molar-refractivity contribution is 6.36. The molecule has 0 amide bonds. The number of fused-ring (bicyclic) bond motifs is 3. The molecule has 0 saturated heterocycles. The number of halogens is 1. The minimum absolute atomic E-state index is 0.632. The van der Waals surface area contributed by atoms with Gasteiger partial charge in [0.1, 0.15) is 11.0 Å². The van der Waals surface area contributed by atoms with Crippen molar-refractivity contribution in [3.63, 3.8) is 0 Å². The van der Waals surface area contributed by atoms with Crippen LogP contribution in [-0.4, -0.2) is 15.4 Å². The topological polar surface area (TPSA) is 41.6 Å². The molecule has 0 aliphatic heterocycles. The van der Waals surface area contributed by atoms with Gasteiger partial charge in [0, 0.05) is 5.39 Å². The predicted octanol–water partition coefficient (Wildman–Crippen LogP) is 2.76. The van der Waals surface area contributed by atoms with E-state index in [4.69, 9.17) is 11.6 Å². The number of benzene rings is 2. The maximum atomic E-state index is 6.05. The minimum atomic E-state index is 0.632. The van der Waals surface area contributed by atoms with E-state index in [0.717, 1.165) is 21.8 Å². The molecule has 0 spiro atoms. The minimum Gasteiger partial charge on any atom is -0.197 e. The van der Waals surface area contributed by atoms with Gasteiger partial charge in [-0.05, 0) is 11.5 Å². The lowest BCUT2D eigenvalue weighted by atomic mass is 10.1. The third-order valence-corrected chi connectivity index (χ3v) is 2.56. The van der Waals surface area contributed by atoms with Crippen LogP contribution in [0.1, 0.15) is 0 Å². The molecule has 3 aromatic rings. The van der Waals surface area contributed by atoms with Gasteiger partial charge in [0.25, 0.3) is 0 Å². The Balaban J connectivity index is 2.66. The molecule has 0 aliphatic carbocycles. The first-order valence-corrected chi connectivity index (χ1v) is 4.62. The first-order chi connectivity index (χ1) is 6.86. The number of hydrogen-bond donors (Lipinski definition) is 1. The number of aromatic amines is 1. The average Bonchev–Trinajstić information content (AvgIpc) is 2.67. The molecule has 0 unspecified atom stereocenters. The van der Waals surface area contributed by atoms with Gasteiger partial charge in [-0.25, -0.2) is 0 Å². The monoisotopic (exact) mass is 203 g/mol. The van der Waals surface area contributed by atoms with Crippen molar-refractivity contribution in [3.8, 4) is 0 Å². The second kappa shape index (κ2) is 2.69. The zero-order chi connectivity index (χ0) is 9.54. The van der Waals surface area contributed by atoms with Crippen LogP contribution in [-0.2, 0) is 0 Å². The Morgan fingerprint density at radius 1 is 1.07 bits per heavy atom. The van der Waals surface area contributed by atoms with Gasteiger partial charge in [0.15, 0.2) is 0 Å². The Hall–Kier alpha value is -1.61. The van der Waals surface area contributed by atoms with Gasteiger partial charge in [0.2, 0.25) is 0 Å². The molecule has 0 aliphatic rings. The van der Waals surface area contributed by atoms with Crippen LogP contribution in [0.5, 0.6) is 0 Å². The van der Waals surface area contributed by atoms with Crippen molar-refractivity contribution in [1.29, 1.82) is 0 Å². The zero-order valence-electron chi connectivity index (χ0n) is 7.16. The van der Waals surface area contributed by atoms with Gasteiger partial charge in [0.05, 0.1) is 5.02 Å². The molecule has 2 aromatic carbocycles. The molecule has 68 valence electrons. The molecule has 0 saturated carbocycles. The molecule has 0 bridgehead atoms. The summed E-state index contributed by atoms with van der Waals surface area (Å²) in [6.45, 7) is 0. The molecular weight excluding hydrogens is 198 g/mol. The van der Waals surface area contributed by atoms with Crippen molar-refractivity contribution < 1.29 is 0 Å². The summed E-state index contributed by atoms with van der Waals surface area (Å²) in [7, 11) is 0. The predicted molar refractivity (Wildman–Crippen MR) is 56.4 cm³/mol. The molecule has 14 heavy (non-hydrogen) atoms. The Kier molecular flexibility index (Phi) is 1.49. The molecule has 1 heterocycles. The quantitative estimate of drug-likeness (QED) is 0.611. The smallest absolute Gasteiger partial charge is 0.132 e. The molecular formula is C10H6ClN3. The third kappa shape index (κ3) is 0.930. The Morgan fingerprint density at radius 2 is 1.86 bits per heavy atom. The Bertz CT molecular complexity index is 615. The van der Waals surface area contributed by atoms with E-state index in [1.807, 2.05) is 30.3 Å². The summed E-state index contributed by atoms with van der Waals surface area (Å²) in [5.41, 5.74) is 1.55. The molecule has 3 rings (SSSR count). The fourth-order valence-corrected chi connectivity index (χ4v) is 1.88. The highest BCUT2D eigenvalue weighted by atomic mass is 35.5. The summed E-state index contributed by atoms with van der Waals surface area (Å²) in [6, 6.07) is 9.88. The lowest BCUT2D eigenvalue weighted by molar-refractivity contribution is 0.960. The maximum Gasteiger partial charge on any atom is 0.132 e. The zero-order valence-corrected chi connectivity index (χ0v) is 7.92. The summed E-state index contributed by atoms with van der Waals surface area (Å²) < 4.78 is 0. The summed E-state index contributed by atoms with van der Waals surface area (Å²) >= 11 is 6.05. The Labute approximate surface area is 84.7 Å². The van der Waals surface area contributed by atoms with Crippen molar-refractivity contribution in [2.75, 3.05) is 0 Å². The molecule has 0 fully saturated rings. The van der Waals surface area contributed by atoms with Crippen LogP contribution in [0.3, 0.4) is 0 Å². The standard InChI is InChI=1S/C10H6ClN3/c11-8-5-6-3-1-2-4-7(6)9-10(8)13-14-12-9/h1-5H,(H,12,13,14). The van der Waals surface area contributed by atoms with E-state index in [1.54, 1.807) is 0 Å². The maximum absolute atomic E-state index is 6.05. The first kappa shape index (κ1) is 7.76. The molecule has 1 N–H and O–H groups in total. The van der Waals surface area contributed by atoms with E-state index in [-0.39, 0.29) is 0 Å². The number of rotatable bonds is 0.